The van der Waals surface area contributed by atoms with Crippen LogP contribution in [0.5, 0.6) is 0 Å². The molecule has 2 rings (SSSR count). The average molecular weight is 355 g/mol. The van der Waals surface area contributed by atoms with Crippen molar-refractivity contribution in [3.8, 4) is 11.1 Å². The van der Waals surface area contributed by atoms with E-state index in [-0.39, 0.29) is 0 Å². The highest BCUT2D eigenvalue weighted by atomic mass is 16.6. The molecule has 0 aliphatic rings. The third kappa shape index (κ3) is 4.04. The molecule has 5 nitrogen and oxygen atoms in total. The summed E-state index contributed by atoms with van der Waals surface area (Å²) in [5.41, 5.74) is 0.260. The van der Waals surface area contributed by atoms with Gasteiger partial charge < -0.3 is 9.84 Å². The standard InChI is InChI=1S/C21H25NO4/c1-20(2,3)26-19(25)22(5)21(4,18(23)24)17-13-11-16(12-14-17)15-9-7-6-8-10-15/h6-14H,1-5H3,(H,23,24)/t21-/m1/s1. The van der Waals surface area contributed by atoms with Gasteiger partial charge >= 0.3 is 12.1 Å². The molecular weight excluding hydrogens is 330 g/mol. The predicted octanol–water partition coefficient (Wildman–Crippen LogP) is 4.52. The van der Waals surface area contributed by atoms with Crippen LogP contribution in [0, 0.1) is 0 Å². The van der Waals surface area contributed by atoms with Crippen LogP contribution in [0.1, 0.15) is 33.3 Å². The minimum Gasteiger partial charge on any atom is -0.479 e. The predicted molar refractivity (Wildman–Crippen MR) is 101 cm³/mol. The van der Waals surface area contributed by atoms with Crippen molar-refractivity contribution >= 4 is 12.1 Å². The number of carboxylic acids is 1. The zero-order chi connectivity index (χ0) is 19.5. The molecule has 26 heavy (non-hydrogen) atoms. The first-order valence-electron chi connectivity index (χ1n) is 8.42. The van der Waals surface area contributed by atoms with Gasteiger partial charge in [0, 0.05) is 7.05 Å². The van der Waals surface area contributed by atoms with Crippen LogP contribution in [0.3, 0.4) is 0 Å². The third-order valence-electron chi connectivity index (χ3n) is 4.31. The highest BCUT2D eigenvalue weighted by molar-refractivity contribution is 5.85. The van der Waals surface area contributed by atoms with E-state index in [0.717, 1.165) is 16.0 Å². The molecule has 0 heterocycles. The van der Waals surface area contributed by atoms with Crippen LogP contribution in [0.15, 0.2) is 54.6 Å². The fourth-order valence-corrected chi connectivity index (χ4v) is 2.59. The monoisotopic (exact) mass is 355 g/mol. The Labute approximate surface area is 154 Å². The summed E-state index contributed by atoms with van der Waals surface area (Å²) in [4.78, 5) is 25.6. The number of ether oxygens (including phenoxy) is 1. The maximum absolute atomic E-state index is 12.4. The van der Waals surface area contributed by atoms with E-state index in [9.17, 15) is 14.7 Å². The third-order valence-corrected chi connectivity index (χ3v) is 4.31. The first kappa shape index (κ1) is 19.5. The number of carbonyl (C=O) groups is 2. The van der Waals surface area contributed by atoms with Gasteiger partial charge in [0.15, 0.2) is 5.54 Å². The second-order valence-corrected chi connectivity index (χ2v) is 7.36. The number of hydrogen-bond donors (Lipinski definition) is 1. The Hall–Kier alpha value is -2.82. The Morgan fingerprint density at radius 1 is 0.885 bits per heavy atom. The number of carbonyl (C=O) groups excluding carboxylic acids is 1. The van der Waals surface area contributed by atoms with Gasteiger partial charge in [-0.05, 0) is 44.4 Å². The van der Waals surface area contributed by atoms with Crippen LogP contribution >= 0.6 is 0 Å². The smallest absolute Gasteiger partial charge is 0.411 e. The molecule has 5 heteroatoms. The van der Waals surface area contributed by atoms with Crippen LogP contribution in [-0.4, -0.2) is 34.7 Å². The number of benzene rings is 2. The quantitative estimate of drug-likeness (QED) is 0.875. The highest BCUT2D eigenvalue weighted by Gasteiger charge is 2.43. The lowest BCUT2D eigenvalue weighted by Crippen LogP contribution is -2.51. The van der Waals surface area contributed by atoms with Gasteiger partial charge in [0.05, 0.1) is 0 Å². The minimum atomic E-state index is -1.54. The molecule has 1 N–H and O–H groups in total. The molecule has 0 aromatic heterocycles. The van der Waals surface area contributed by atoms with E-state index < -0.39 is 23.2 Å². The van der Waals surface area contributed by atoms with E-state index in [1.807, 2.05) is 42.5 Å². The molecule has 1 amide bonds. The largest absolute Gasteiger partial charge is 0.479 e. The van der Waals surface area contributed by atoms with Crippen molar-refractivity contribution < 1.29 is 19.4 Å². The number of hydrogen-bond acceptors (Lipinski definition) is 3. The van der Waals surface area contributed by atoms with Gasteiger partial charge in [0.1, 0.15) is 5.60 Å². The molecular formula is C21H25NO4. The molecule has 0 aliphatic heterocycles. The fraction of sp³-hybridized carbons (Fsp3) is 0.333. The number of amides is 1. The van der Waals surface area contributed by atoms with E-state index in [1.165, 1.54) is 14.0 Å². The Morgan fingerprint density at radius 2 is 1.38 bits per heavy atom. The number of aliphatic carboxylic acids is 1. The molecule has 0 radical (unpaired) electrons. The molecule has 2 aromatic carbocycles. The summed E-state index contributed by atoms with van der Waals surface area (Å²) in [6.07, 6.45) is -0.686. The van der Waals surface area contributed by atoms with Crippen molar-refractivity contribution in [1.82, 2.24) is 4.90 Å². The van der Waals surface area contributed by atoms with E-state index in [1.54, 1.807) is 32.9 Å². The topological polar surface area (TPSA) is 66.8 Å². The van der Waals surface area contributed by atoms with Crippen LogP contribution in [0.2, 0.25) is 0 Å². The molecule has 0 aliphatic carbocycles. The maximum atomic E-state index is 12.4. The maximum Gasteiger partial charge on any atom is 0.411 e. The van der Waals surface area contributed by atoms with Crippen molar-refractivity contribution in [2.45, 2.75) is 38.8 Å². The molecule has 2 aromatic rings. The van der Waals surface area contributed by atoms with Crippen molar-refractivity contribution in [1.29, 1.82) is 0 Å². The summed E-state index contributed by atoms with van der Waals surface area (Å²) < 4.78 is 5.33. The first-order chi connectivity index (χ1) is 12.1. The zero-order valence-electron chi connectivity index (χ0n) is 15.8. The summed E-state index contributed by atoms with van der Waals surface area (Å²) in [5.74, 6) is -1.13. The minimum absolute atomic E-state index is 0.498. The second kappa shape index (κ2) is 7.20. The second-order valence-electron chi connectivity index (χ2n) is 7.36. The number of likely N-dealkylation sites (N-methyl/N-ethyl adjacent to an activating group) is 1. The van der Waals surface area contributed by atoms with Gasteiger partial charge in [-0.3, -0.25) is 4.90 Å². The van der Waals surface area contributed by atoms with Gasteiger partial charge in [-0.25, -0.2) is 9.59 Å². The molecule has 0 saturated heterocycles. The Balaban J connectivity index is 2.37. The summed E-state index contributed by atoms with van der Waals surface area (Å²) in [5, 5.41) is 9.84. The van der Waals surface area contributed by atoms with Crippen molar-refractivity contribution in [3.05, 3.63) is 60.2 Å². The van der Waals surface area contributed by atoms with Crippen LogP contribution < -0.4 is 0 Å². The summed E-state index contributed by atoms with van der Waals surface area (Å²) in [6.45, 7) is 6.72. The van der Waals surface area contributed by atoms with E-state index in [2.05, 4.69) is 0 Å². The molecule has 0 saturated carbocycles. The first-order valence-corrected chi connectivity index (χ1v) is 8.42. The summed E-state index contributed by atoms with van der Waals surface area (Å²) in [7, 11) is 1.44. The van der Waals surface area contributed by atoms with E-state index in [0.29, 0.717) is 5.56 Å². The lowest BCUT2D eigenvalue weighted by molar-refractivity contribution is -0.150. The van der Waals surface area contributed by atoms with Crippen LogP contribution in [0.25, 0.3) is 11.1 Å². The number of carboxylic acid groups (broad SMARTS) is 1. The van der Waals surface area contributed by atoms with Crippen LogP contribution in [-0.2, 0) is 15.1 Å². The number of rotatable bonds is 4. The van der Waals surface area contributed by atoms with Gasteiger partial charge in [-0.2, -0.15) is 0 Å². The van der Waals surface area contributed by atoms with Gasteiger partial charge in [0.25, 0.3) is 0 Å². The van der Waals surface area contributed by atoms with Gasteiger partial charge in [-0.15, -0.1) is 0 Å². The van der Waals surface area contributed by atoms with E-state index in [4.69, 9.17) is 4.74 Å². The molecule has 0 spiro atoms. The average Bonchev–Trinajstić information content (AvgIpc) is 2.59. The molecule has 138 valence electrons. The summed E-state index contributed by atoms with van der Waals surface area (Å²) >= 11 is 0. The molecule has 0 unspecified atom stereocenters. The molecule has 0 bridgehead atoms. The molecule has 0 fully saturated rings. The lowest BCUT2D eigenvalue weighted by Gasteiger charge is -2.36. The van der Waals surface area contributed by atoms with Crippen LogP contribution in [0.4, 0.5) is 4.79 Å². The Bertz CT molecular complexity index is 778. The summed E-state index contributed by atoms with van der Waals surface area (Å²) in [6, 6.07) is 17.0. The lowest BCUT2D eigenvalue weighted by atomic mass is 9.89. The fourth-order valence-electron chi connectivity index (χ4n) is 2.59. The van der Waals surface area contributed by atoms with E-state index >= 15 is 0 Å². The SMILES string of the molecule is CN(C(=O)OC(C)(C)C)[C@@](C)(C(=O)O)c1ccc(-c2ccccc2)cc1. The van der Waals surface area contributed by atoms with Crippen molar-refractivity contribution in [3.63, 3.8) is 0 Å². The normalized spacial score (nSPS) is 13.6. The van der Waals surface area contributed by atoms with Crippen molar-refractivity contribution in [2.75, 3.05) is 7.05 Å². The Kier molecular flexibility index (Phi) is 5.40. The Morgan fingerprint density at radius 3 is 1.85 bits per heavy atom. The molecule has 1 atom stereocenters. The zero-order valence-corrected chi connectivity index (χ0v) is 15.8. The number of nitrogens with zero attached hydrogens (tertiary/aromatic N) is 1. The van der Waals surface area contributed by atoms with Gasteiger partial charge in [0.2, 0.25) is 0 Å². The van der Waals surface area contributed by atoms with Crippen molar-refractivity contribution in [2.24, 2.45) is 0 Å². The highest BCUT2D eigenvalue weighted by Crippen LogP contribution is 2.31. The van der Waals surface area contributed by atoms with Gasteiger partial charge in [-0.1, -0.05) is 54.6 Å².